The Labute approximate surface area is 321 Å². The summed E-state index contributed by atoms with van der Waals surface area (Å²) in [6, 6.07) is 31.6. The van der Waals surface area contributed by atoms with Crippen molar-refractivity contribution in [3.63, 3.8) is 0 Å². The second-order valence-corrected chi connectivity index (χ2v) is 16.7. The van der Waals surface area contributed by atoms with E-state index in [9.17, 15) is 0 Å². The van der Waals surface area contributed by atoms with Crippen LogP contribution in [0.15, 0.2) is 136 Å². The molecular formula is C47H52BBrN3+. The van der Waals surface area contributed by atoms with Gasteiger partial charge >= 0.3 is 0 Å². The lowest BCUT2D eigenvalue weighted by Crippen LogP contribution is -2.27. The molecule has 3 aliphatic rings. The number of nitrogens with zero attached hydrogens (tertiary/aromatic N) is 3. The average molecular weight is 750 g/mol. The molecule has 2 aliphatic heterocycles. The van der Waals surface area contributed by atoms with Crippen molar-refractivity contribution in [3.8, 4) is 0 Å². The first kappa shape index (κ1) is 36.0. The number of allylic oxidation sites excluding steroid dienone is 7. The maximum absolute atomic E-state index is 3.70. The Hall–Kier alpha value is -4.35. The summed E-state index contributed by atoms with van der Waals surface area (Å²) in [6.07, 6.45) is 11.7. The van der Waals surface area contributed by atoms with E-state index in [1.165, 1.54) is 73.0 Å². The lowest BCUT2D eigenvalue weighted by molar-refractivity contribution is -0.433. The van der Waals surface area contributed by atoms with E-state index in [1.54, 1.807) is 0 Å². The molecule has 52 heavy (non-hydrogen) atoms. The van der Waals surface area contributed by atoms with Gasteiger partial charge in [0.25, 0.3) is 0 Å². The number of benzene rings is 4. The second kappa shape index (κ2) is 13.9. The standard InChI is InChI=1S/C47H52BBrN3/c1-9-50-41-25-11-31(3)29-39(41)46(5,6)43(50)27-15-33-13-14-34(16-28-44-47(7,8)40-30-32(4)12-26-42(40)51(44)10-2)45(33)52(37-21-17-35(48)18-22-37)38-23-19-36(49)20-24-38/h11-12,15-30H,9-10,13-14,48H2,1-8H3/q+1. The highest BCUT2D eigenvalue weighted by Crippen LogP contribution is 2.49. The van der Waals surface area contributed by atoms with Gasteiger partial charge in [-0.05, 0) is 126 Å². The van der Waals surface area contributed by atoms with E-state index in [2.05, 4.69) is 203 Å². The van der Waals surface area contributed by atoms with E-state index in [-0.39, 0.29) is 10.8 Å². The van der Waals surface area contributed by atoms with Crippen LogP contribution in [0.1, 0.15) is 76.6 Å². The Kier molecular flexibility index (Phi) is 9.63. The summed E-state index contributed by atoms with van der Waals surface area (Å²) in [4.78, 5) is 4.99. The summed E-state index contributed by atoms with van der Waals surface area (Å²) in [5, 5.41) is 0. The summed E-state index contributed by atoms with van der Waals surface area (Å²) < 4.78 is 3.59. The van der Waals surface area contributed by atoms with Crippen LogP contribution in [0.4, 0.5) is 22.7 Å². The molecule has 0 fully saturated rings. The van der Waals surface area contributed by atoms with Gasteiger partial charge in [-0.15, -0.1) is 0 Å². The Morgan fingerprint density at radius 3 is 2.06 bits per heavy atom. The predicted octanol–water partition coefficient (Wildman–Crippen LogP) is 10.8. The van der Waals surface area contributed by atoms with Crippen LogP contribution in [0.25, 0.3) is 0 Å². The minimum absolute atomic E-state index is 0.0936. The van der Waals surface area contributed by atoms with Crippen molar-refractivity contribution in [2.75, 3.05) is 22.9 Å². The molecule has 0 amide bonds. The zero-order valence-electron chi connectivity index (χ0n) is 32.4. The zero-order valence-corrected chi connectivity index (χ0v) is 34.0. The third-order valence-corrected chi connectivity index (χ3v) is 12.0. The van der Waals surface area contributed by atoms with Crippen LogP contribution in [-0.2, 0) is 10.8 Å². The molecule has 0 saturated carbocycles. The van der Waals surface area contributed by atoms with Gasteiger partial charge in [0.05, 0.1) is 11.1 Å². The van der Waals surface area contributed by atoms with E-state index in [0.29, 0.717) is 0 Å². The highest BCUT2D eigenvalue weighted by molar-refractivity contribution is 9.10. The Bertz CT molecular complexity index is 2150. The molecular weight excluding hydrogens is 697 g/mol. The van der Waals surface area contributed by atoms with Gasteiger partial charge in [-0.1, -0.05) is 88.9 Å². The van der Waals surface area contributed by atoms with Crippen molar-refractivity contribution in [2.45, 2.75) is 79.1 Å². The molecule has 0 radical (unpaired) electrons. The van der Waals surface area contributed by atoms with Crippen LogP contribution in [0.2, 0.25) is 0 Å². The van der Waals surface area contributed by atoms with Crippen LogP contribution in [0.3, 0.4) is 0 Å². The van der Waals surface area contributed by atoms with E-state index in [1.807, 2.05) is 0 Å². The Morgan fingerprint density at radius 2 is 1.40 bits per heavy atom. The monoisotopic (exact) mass is 748 g/mol. The van der Waals surface area contributed by atoms with Gasteiger partial charge in [0, 0.05) is 56.9 Å². The SMILES string of the molecule is Bc1ccc(N(C2=C(/C=C/C3=[N+](CC)c4ccc(C)cc4C3(C)C)CC/C2=C\C=C2\N(CC)c3ccc(C)cc3C2(C)C)c2ccc(Br)cc2)cc1. The number of anilines is 3. The molecule has 4 aromatic carbocycles. The molecule has 0 saturated heterocycles. The minimum atomic E-state index is -0.0936. The number of aryl methyl sites for hydroxylation is 2. The van der Waals surface area contributed by atoms with Crippen molar-refractivity contribution in [1.29, 1.82) is 0 Å². The normalized spacial score (nSPS) is 19.1. The van der Waals surface area contributed by atoms with Gasteiger partial charge in [0.15, 0.2) is 5.71 Å². The molecule has 0 bridgehead atoms. The van der Waals surface area contributed by atoms with E-state index in [4.69, 9.17) is 0 Å². The molecule has 5 heteroatoms. The fourth-order valence-corrected chi connectivity index (χ4v) is 8.90. The number of fused-ring (bicyclic) bond motifs is 2. The third-order valence-electron chi connectivity index (χ3n) is 11.5. The molecule has 4 aromatic rings. The fraction of sp³-hybridized carbons (Fsp3) is 0.298. The van der Waals surface area contributed by atoms with Crippen LogP contribution in [0.5, 0.6) is 0 Å². The molecule has 0 atom stereocenters. The minimum Gasteiger partial charge on any atom is -0.344 e. The first-order valence-corrected chi connectivity index (χ1v) is 19.7. The first-order chi connectivity index (χ1) is 24.8. The van der Waals surface area contributed by atoms with Gasteiger partial charge in [-0.2, -0.15) is 4.58 Å². The van der Waals surface area contributed by atoms with Gasteiger partial charge in [-0.3, -0.25) is 0 Å². The van der Waals surface area contributed by atoms with Gasteiger partial charge in [0.1, 0.15) is 14.4 Å². The van der Waals surface area contributed by atoms with Crippen molar-refractivity contribution < 1.29 is 4.58 Å². The van der Waals surface area contributed by atoms with Crippen LogP contribution in [0, 0.1) is 13.8 Å². The molecule has 0 unspecified atom stereocenters. The highest BCUT2D eigenvalue weighted by Gasteiger charge is 2.44. The summed E-state index contributed by atoms with van der Waals surface area (Å²) in [5.74, 6) is 0. The molecule has 0 aromatic heterocycles. The lowest BCUT2D eigenvalue weighted by atomic mass is 9.80. The van der Waals surface area contributed by atoms with E-state index >= 15 is 0 Å². The average Bonchev–Trinajstić information content (AvgIpc) is 3.68. The molecule has 264 valence electrons. The fourth-order valence-electron chi connectivity index (χ4n) is 8.63. The van der Waals surface area contributed by atoms with E-state index < -0.39 is 0 Å². The number of halogens is 1. The summed E-state index contributed by atoms with van der Waals surface area (Å²) in [5.41, 5.74) is 18.2. The molecule has 3 nitrogen and oxygen atoms in total. The van der Waals surface area contributed by atoms with Crippen molar-refractivity contribution in [1.82, 2.24) is 0 Å². The predicted molar refractivity (Wildman–Crippen MR) is 229 cm³/mol. The number of rotatable bonds is 8. The topological polar surface area (TPSA) is 9.49 Å². The highest BCUT2D eigenvalue weighted by atomic mass is 79.9. The maximum atomic E-state index is 3.70. The Morgan fingerprint density at radius 1 is 0.769 bits per heavy atom. The van der Waals surface area contributed by atoms with Crippen molar-refractivity contribution in [3.05, 3.63) is 159 Å². The van der Waals surface area contributed by atoms with Gasteiger partial charge in [-0.25, -0.2) is 0 Å². The molecule has 2 heterocycles. The summed E-state index contributed by atoms with van der Waals surface area (Å²) in [7, 11) is 2.16. The largest absolute Gasteiger partial charge is 0.344 e. The smallest absolute Gasteiger partial charge is 0.209 e. The number of hydrogen-bond donors (Lipinski definition) is 0. The van der Waals surface area contributed by atoms with Crippen LogP contribution in [-0.4, -0.2) is 31.2 Å². The van der Waals surface area contributed by atoms with Gasteiger partial charge in [0.2, 0.25) is 5.69 Å². The zero-order chi connectivity index (χ0) is 36.9. The quantitative estimate of drug-likeness (QED) is 0.131. The molecule has 7 rings (SSSR count). The third kappa shape index (κ3) is 6.25. The molecule has 0 N–H and O–H groups in total. The lowest BCUT2D eigenvalue weighted by Gasteiger charge is -2.29. The summed E-state index contributed by atoms with van der Waals surface area (Å²) >= 11 is 3.70. The van der Waals surface area contributed by atoms with E-state index in [0.717, 1.165) is 36.1 Å². The van der Waals surface area contributed by atoms with Crippen LogP contribution < -0.4 is 15.3 Å². The summed E-state index contributed by atoms with van der Waals surface area (Å²) in [6.45, 7) is 20.3. The molecule has 0 spiro atoms. The van der Waals surface area contributed by atoms with Crippen molar-refractivity contribution in [2.24, 2.45) is 0 Å². The van der Waals surface area contributed by atoms with Crippen LogP contribution >= 0.6 is 15.9 Å². The first-order valence-electron chi connectivity index (χ1n) is 18.9. The van der Waals surface area contributed by atoms with Crippen molar-refractivity contribution >= 4 is 57.7 Å². The van der Waals surface area contributed by atoms with Gasteiger partial charge < -0.3 is 9.80 Å². The number of hydrogen-bond acceptors (Lipinski definition) is 2. The number of likely N-dealkylation sites (N-methyl/N-ethyl adjacent to an activating group) is 1. The molecule has 1 aliphatic carbocycles. The second-order valence-electron chi connectivity index (χ2n) is 15.8. The maximum Gasteiger partial charge on any atom is 0.209 e. The Balaban J connectivity index is 1.41.